The number of halogens is 2. The first kappa shape index (κ1) is 20.9. The SMILES string of the molecule is CN1CCC(N2CCC(NC(=O)c3cn(C)nc3-c3ccc(F)cc3F)CC2)CC1. The van der Waals surface area contributed by atoms with Gasteiger partial charge in [-0.3, -0.25) is 9.48 Å². The molecule has 8 heteroatoms. The highest BCUT2D eigenvalue weighted by Crippen LogP contribution is 2.26. The molecule has 2 aliphatic heterocycles. The van der Waals surface area contributed by atoms with Crippen LogP contribution in [-0.4, -0.2) is 70.8 Å². The molecule has 0 saturated carbocycles. The first-order chi connectivity index (χ1) is 14.4. The van der Waals surface area contributed by atoms with Crippen molar-refractivity contribution in [1.82, 2.24) is 24.9 Å². The van der Waals surface area contributed by atoms with Crippen molar-refractivity contribution in [3.63, 3.8) is 0 Å². The Kier molecular flexibility index (Phi) is 6.15. The highest BCUT2D eigenvalue weighted by molar-refractivity contribution is 6.00. The van der Waals surface area contributed by atoms with Crippen molar-refractivity contribution >= 4 is 5.91 Å². The number of amides is 1. The van der Waals surface area contributed by atoms with E-state index in [9.17, 15) is 13.6 Å². The molecule has 2 fully saturated rings. The van der Waals surface area contributed by atoms with E-state index in [0.717, 1.165) is 45.1 Å². The van der Waals surface area contributed by atoms with Crippen LogP contribution in [0.25, 0.3) is 11.3 Å². The molecule has 3 heterocycles. The van der Waals surface area contributed by atoms with Gasteiger partial charge in [-0.15, -0.1) is 0 Å². The van der Waals surface area contributed by atoms with Crippen LogP contribution in [0.3, 0.4) is 0 Å². The van der Waals surface area contributed by atoms with Gasteiger partial charge in [-0.05, 0) is 58.0 Å². The zero-order valence-corrected chi connectivity index (χ0v) is 17.6. The maximum absolute atomic E-state index is 14.3. The minimum atomic E-state index is -0.728. The Labute approximate surface area is 175 Å². The normalized spacial score (nSPS) is 19.9. The first-order valence-corrected chi connectivity index (χ1v) is 10.6. The predicted octanol–water partition coefficient (Wildman–Crippen LogP) is 2.65. The van der Waals surface area contributed by atoms with Gasteiger partial charge in [-0.25, -0.2) is 8.78 Å². The Bertz CT molecular complexity index is 899. The lowest BCUT2D eigenvalue weighted by molar-refractivity contribution is 0.0807. The third kappa shape index (κ3) is 4.54. The summed E-state index contributed by atoms with van der Waals surface area (Å²) in [4.78, 5) is 17.9. The lowest BCUT2D eigenvalue weighted by Gasteiger charge is -2.41. The molecule has 0 radical (unpaired) electrons. The number of hydrogen-bond acceptors (Lipinski definition) is 4. The van der Waals surface area contributed by atoms with E-state index in [4.69, 9.17) is 0 Å². The fourth-order valence-electron chi connectivity index (χ4n) is 4.57. The molecule has 0 unspecified atom stereocenters. The zero-order valence-electron chi connectivity index (χ0n) is 17.6. The molecule has 1 aromatic heterocycles. The summed E-state index contributed by atoms with van der Waals surface area (Å²) in [5.41, 5.74) is 0.663. The molecule has 0 spiro atoms. The van der Waals surface area contributed by atoms with Crippen LogP contribution in [0.5, 0.6) is 0 Å². The summed E-state index contributed by atoms with van der Waals surface area (Å²) in [6, 6.07) is 4.04. The Morgan fingerprint density at radius 3 is 2.43 bits per heavy atom. The van der Waals surface area contributed by atoms with E-state index < -0.39 is 11.6 Å². The van der Waals surface area contributed by atoms with Crippen molar-refractivity contribution < 1.29 is 13.6 Å². The summed E-state index contributed by atoms with van der Waals surface area (Å²) < 4.78 is 29.0. The monoisotopic (exact) mass is 417 g/mol. The van der Waals surface area contributed by atoms with Crippen LogP contribution >= 0.6 is 0 Å². The van der Waals surface area contributed by atoms with Gasteiger partial charge in [0.05, 0.1) is 5.56 Å². The standard InChI is InChI=1S/C22H29F2N5O/c1-27-9-7-17(8-10-27)29-11-5-16(6-12-29)25-22(30)19-14-28(2)26-21(19)18-4-3-15(23)13-20(18)24/h3-4,13-14,16-17H,5-12H2,1-2H3,(H,25,30). The van der Waals surface area contributed by atoms with Gasteiger partial charge in [0, 0.05) is 50.0 Å². The van der Waals surface area contributed by atoms with Crippen LogP contribution in [0.4, 0.5) is 8.78 Å². The molecule has 2 saturated heterocycles. The third-order valence-corrected chi connectivity index (χ3v) is 6.33. The van der Waals surface area contributed by atoms with E-state index >= 15 is 0 Å². The molecule has 1 aromatic carbocycles. The van der Waals surface area contributed by atoms with E-state index in [0.29, 0.717) is 11.6 Å². The summed E-state index contributed by atoms with van der Waals surface area (Å²) >= 11 is 0. The van der Waals surface area contributed by atoms with Gasteiger partial charge < -0.3 is 15.1 Å². The molecule has 0 bridgehead atoms. The quantitative estimate of drug-likeness (QED) is 0.831. The largest absolute Gasteiger partial charge is 0.349 e. The second kappa shape index (κ2) is 8.81. The van der Waals surface area contributed by atoms with Gasteiger partial charge in [-0.2, -0.15) is 5.10 Å². The number of nitrogens with one attached hydrogen (secondary N) is 1. The van der Waals surface area contributed by atoms with Crippen LogP contribution in [0.1, 0.15) is 36.0 Å². The van der Waals surface area contributed by atoms with Crippen molar-refractivity contribution in [1.29, 1.82) is 0 Å². The number of carbonyl (C=O) groups excluding carboxylic acids is 1. The van der Waals surface area contributed by atoms with Crippen molar-refractivity contribution in [3.8, 4) is 11.3 Å². The van der Waals surface area contributed by atoms with Crippen LogP contribution in [0.15, 0.2) is 24.4 Å². The molecule has 1 N–H and O–H groups in total. The first-order valence-electron chi connectivity index (χ1n) is 10.6. The zero-order chi connectivity index (χ0) is 21.3. The minimum absolute atomic E-state index is 0.0890. The van der Waals surface area contributed by atoms with Crippen molar-refractivity contribution in [3.05, 3.63) is 41.6 Å². The number of aromatic nitrogens is 2. The van der Waals surface area contributed by atoms with Crippen LogP contribution in [-0.2, 0) is 7.05 Å². The van der Waals surface area contributed by atoms with E-state index in [1.54, 1.807) is 13.2 Å². The number of benzene rings is 1. The van der Waals surface area contributed by atoms with Crippen molar-refractivity contribution in [2.24, 2.45) is 7.05 Å². The Morgan fingerprint density at radius 2 is 1.77 bits per heavy atom. The fraction of sp³-hybridized carbons (Fsp3) is 0.545. The van der Waals surface area contributed by atoms with E-state index in [-0.39, 0.29) is 23.2 Å². The molecular weight excluding hydrogens is 388 g/mol. The predicted molar refractivity (Wildman–Crippen MR) is 111 cm³/mol. The number of nitrogens with zero attached hydrogens (tertiary/aromatic N) is 4. The van der Waals surface area contributed by atoms with Gasteiger partial charge in [0.15, 0.2) is 0 Å². The molecule has 0 atom stereocenters. The summed E-state index contributed by atoms with van der Waals surface area (Å²) in [5, 5.41) is 7.34. The smallest absolute Gasteiger partial charge is 0.255 e. The Hall–Kier alpha value is -2.32. The van der Waals surface area contributed by atoms with Gasteiger partial charge in [0.1, 0.15) is 17.3 Å². The van der Waals surface area contributed by atoms with Gasteiger partial charge in [0.25, 0.3) is 5.91 Å². The molecule has 30 heavy (non-hydrogen) atoms. The lowest BCUT2D eigenvalue weighted by atomic mass is 9.97. The Morgan fingerprint density at radius 1 is 1.07 bits per heavy atom. The van der Waals surface area contributed by atoms with E-state index in [2.05, 4.69) is 27.3 Å². The summed E-state index contributed by atoms with van der Waals surface area (Å²) in [6.07, 6.45) is 5.80. The van der Waals surface area contributed by atoms with Gasteiger partial charge in [-0.1, -0.05) is 0 Å². The van der Waals surface area contributed by atoms with Gasteiger partial charge >= 0.3 is 0 Å². The minimum Gasteiger partial charge on any atom is -0.349 e. The second-order valence-electron chi connectivity index (χ2n) is 8.51. The van der Waals surface area contributed by atoms with E-state index in [1.165, 1.54) is 29.7 Å². The number of carbonyl (C=O) groups is 1. The number of piperidine rings is 2. The Balaban J connectivity index is 1.39. The highest BCUT2D eigenvalue weighted by atomic mass is 19.1. The highest BCUT2D eigenvalue weighted by Gasteiger charge is 2.29. The molecule has 2 aromatic rings. The molecule has 162 valence electrons. The maximum atomic E-state index is 14.3. The maximum Gasteiger partial charge on any atom is 0.255 e. The lowest BCUT2D eigenvalue weighted by Crippen LogP contribution is -2.50. The molecule has 1 amide bonds. The average Bonchev–Trinajstić information content (AvgIpc) is 3.11. The summed E-state index contributed by atoms with van der Waals surface area (Å²) in [7, 11) is 3.85. The van der Waals surface area contributed by atoms with E-state index in [1.807, 2.05) is 0 Å². The van der Waals surface area contributed by atoms with Crippen LogP contribution in [0, 0.1) is 11.6 Å². The average molecular weight is 418 g/mol. The van der Waals surface area contributed by atoms with Crippen LogP contribution in [0.2, 0.25) is 0 Å². The molecular formula is C22H29F2N5O. The number of aryl methyl sites for hydroxylation is 1. The molecule has 0 aliphatic carbocycles. The molecule has 6 nitrogen and oxygen atoms in total. The van der Waals surface area contributed by atoms with Gasteiger partial charge in [0.2, 0.25) is 0 Å². The van der Waals surface area contributed by atoms with Crippen molar-refractivity contribution in [2.45, 2.75) is 37.8 Å². The number of rotatable bonds is 4. The van der Waals surface area contributed by atoms with Crippen LogP contribution < -0.4 is 5.32 Å². The molecule has 2 aliphatic rings. The molecule has 4 rings (SSSR count). The topological polar surface area (TPSA) is 53.4 Å². The number of likely N-dealkylation sites (tertiary alicyclic amines) is 2. The van der Waals surface area contributed by atoms with Crippen molar-refractivity contribution in [2.75, 3.05) is 33.2 Å². The second-order valence-corrected chi connectivity index (χ2v) is 8.51. The number of hydrogen-bond donors (Lipinski definition) is 1. The third-order valence-electron chi connectivity index (χ3n) is 6.33. The fourth-order valence-corrected chi connectivity index (χ4v) is 4.57. The summed E-state index contributed by atoms with van der Waals surface area (Å²) in [5.74, 6) is -1.65. The summed E-state index contributed by atoms with van der Waals surface area (Å²) in [6.45, 7) is 4.24.